The quantitative estimate of drug-likeness (QED) is 0.487. The van der Waals surface area contributed by atoms with Crippen molar-refractivity contribution in [3.8, 4) is 5.75 Å². The van der Waals surface area contributed by atoms with Crippen LogP contribution in [0.1, 0.15) is 38.5 Å². The highest BCUT2D eigenvalue weighted by Crippen LogP contribution is 2.54. The Morgan fingerprint density at radius 3 is 2.77 bits per heavy atom. The zero-order chi connectivity index (χ0) is 21.7. The van der Waals surface area contributed by atoms with E-state index in [4.69, 9.17) is 19.4 Å². The molecule has 2 bridgehead atoms. The maximum Gasteiger partial charge on any atom is 0.290 e. The second-order valence-electron chi connectivity index (χ2n) is 9.26. The Morgan fingerprint density at radius 1 is 1.29 bits per heavy atom. The number of carbonyl (C=O) groups is 2. The van der Waals surface area contributed by atoms with Gasteiger partial charge in [0.15, 0.2) is 0 Å². The van der Waals surface area contributed by atoms with Crippen LogP contribution < -0.4 is 10.1 Å². The van der Waals surface area contributed by atoms with Crippen molar-refractivity contribution in [2.24, 2.45) is 17.8 Å². The first-order valence-corrected chi connectivity index (χ1v) is 11.6. The molecule has 2 N–H and O–H groups in total. The molecule has 4 fully saturated rings. The maximum absolute atomic E-state index is 12.3. The van der Waals surface area contributed by atoms with E-state index in [1.54, 1.807) is 0 Å². The Morgan fingerprint density at radius 2 is 2.06 bits per heavy atom. The van der Waals surface area contributed by atoms with Crippen LogP contribution in [0.25, 0.3) is 0 Å². The Labute approximate surface area is 184 Å². The second kappa shape index (κ2) is 10.0. The maximum atomic E-state index is 12.3. The van der Waals surface area contributed by atoms with Gasteiger partial charge in [-0.3, -0.25) is 14.5 Å². The lowest BCUT2D eigenvalue weighted by atomic mass is 9.73. The van der Waals surface area contributed by atoms with Crippen molar-refractivity contribution in [2.75, 3.05) is 32.8 Å². The van der Waals surface area contributed by atoms with Crippen LogP contribution in [0.3, 0.4) is 0 Å². The molecule has 0 radical (unpaired) electrons. The molecule has 1 aliphatic carbocycles. The fraction of sp³-hybridized carbons (Fsp3) is 0.667. The normalized spacial score (nSPS) is 31.3. The molecule has 1 aromatic rings. The van der Waals surface area contributed by atoms with Crippen molar-refractivity contribution in [3.05, 3.63) is 30.3 Å². The lowest BCUT2D eigenvalue weighted by Gasteiger charge is -2.31. The third kappa shape index (κ3) is 4.88. The Balaban J connectivity index is 0.000000730. The minimum absolute atomic E-state index is 0.0524. The summed E-state index contributed by atoms with van der Waals surface area (Å²) in [5.74, 6) is 2.56. The van der Waals surface area contributed by atoms with E-state index >= 15 is 0 Å². The van der Waals surface area contributed by atoms with Crippen molar-refractivity contribution >= 4 is 12.4 Å². The highest BCUT2D eigenvalue weighted by Gasteiger charge is 2.62. The molecular weight excluding hydrogens is 396 g/mol. The summed E-state index contributed by atoms with van der Waals surface area (Å²) in [6, 6.07) is 10.0. The van der Waals surface area contributed by atoms with Crippen LogP contribution >= 0.6 is 0 Å². The first kappa shape index (κ1) is 22.1. The van der Waals surface area contributed by atoms with E-state index in [9.17, 15) is 4.79 Å². The number of nitrogens with one attached hydrogen (secondary N) is 1. The van der Waals surface area contributed by atoms with E-state index in [0.29, 0.717) is 17.9 Å². The number of amides is 1. The van der Waals surface area contributed by atoms with E-state index in [0.717, 1.165) is 64.2 Å². The first-order valence-electron chi connectivity index (χ1n) is 11.6. The number of carbonyl (C=O) groups excluding carboxylic acids is 1. The summed E-state index contributed by atoms with van der Waals surface area (Å²) >= 11 is 0. The standard InChI is InChI=1S/C23H32N2O3.CH2O2/c26-22(17-6-4-7-17)24-14-19-20-15-25(16-23(20)11-10-21(19)28-23)12-5-13-27-18-8-2-1-3-9-18;2-1-3/h1-3,8-9,17,19-21H,4-7,10-16H2,(H,24,26);1H,(H,2,3)/t19-,20+,21+,23+;/m0./s1. The summed E-state index contributed by atoms with van der Waals surface area (Å²) in [4.78, 5) is 23.2. The van der Waals surface area contributed by atoms with Crippen molar-refractivity contribution < 1.29 is 24.2 Å². The average Bonchev–Trinajstić information content (AvgIpc) is 3.38. The number of hydrogen-bond acceptors (Lipinski definition) is 5. The van der Waals surface area contributed by atoms with Gasteiger partial charge in [-0.15, -0.1) is 0 Å². The van der Waals surface area contributed by atoms with Crippen LogP contribution in [0.5, 0.6) is 5.75 Å². The molecule has 1 spiro atoms. The number of likely N-dealkylation sites (tertiary alicyclic amines) is 1. The van der Waals surface area contributed by atoms with Gasteiger partial charge in [-0.05, 0) is 44.2 Å². The second-order valence-corrected chi connectivity index (χ2v) is 9.26. The molecule has 1 aromatic carbocycles. The van der Waals surface area contributed by atoms with Crippen LogP contribution in [0.4, 0.5) is 0 Å². The molecule has 3 heterocycles. The number of carboxylic acid groups (broad SMARTS) is 1. The number of para-hydroxylation sites is 1. The van der Waals surface area contributed by atoms with Crippen LogP contribution in [0.2, 0.25) is 0 Å². The van der Waals surface area contributed by atoms with Crippen LogP contribution in [0, 0.1) is 17.8 Å². The summed E-state index contributed by atoms with van der Waals surface area (Å²) in [5.41, 5.74) is 0.0524. The van der Waals surface area contributed by atoms with Crippen molar-refractivity contribution in [1.29, 1.82) is 0 Å². The van der Waals surface area contributed by atoms with Gasteiger partial charge < -0.3 is 19.9 Å². The Kier molecular flexibility index (Phi) is 7.13. The SMILES string of the molecule is O=C(NC[C@H]1[C@H]2CN(CCCOc3ccccc3)C[C@]23CC[C@H]1O3)C1CCC1.O=CO. The smallest absolute Gasteiger partial charge is 0.290 e. The van der Waals surface area contributed by atoms with E-state index in [1.807, 2.05) is 30.3 Å². The van der Waals surface area contributed by atoms with E-state index in [1.165, 1.54) is 12.8 Å². The van der Waals surface area contributed by atoms with Gasteiger partial charge in [0, 0.05) is 43.9 Å². The predicted molar refractivity (Wildman–Crippen MR) is 116 cm³/mol. The van der Waals surface area contributed by atoms with Crippen LogP contribution in [0.15, 0.2) is 30.3 Å². The van der Waals surface area contributed by atoms with Gasteiger partial charge in [-0.25, -0.2) is 0 Å². The number of fused-ring (bicyclic) bond motifs is 1. The molecule has 5 rings (SSSR count). The number of rotatable bonds is 8. The van der Waals surface area contributed by atoms with Gasteiger partial charge in [-0.1, -0.05) is 24.6 Å². The molecule has 3 aliphatic heterocycles. The molecule has 0 aromatic heterocycles. The highest BCUT2D eigenvalue weighted by molar-refractivity contribution is 5.79. The summed E-state index contributed by atoms with van der Waals surface area (Å²) in [7, 11) is 0. The minimum atomic E-state index is -0.250. The van der Waals surface area contributed by atoms with Gasteiger partial charge in [0.2, 0.25) is 5.91 Å². The Hall–Kier alpha value is -2.12. The third-order valence-electron chi connectivity index (χ3n) is 7.47. The number of benzene rings is 1. The van der Waals surface area contributed by atoms with Crippen molar-refractivity contribution in [1.82, 2.24) is 10.2 Å². The first-order chi connectivity index (χ1) is 15.1. The molecule has 4 aliphatic rings. The molecule has 4 atom stereocenters. The number of hydrogen-bond donors (Lipinski definition) is 2. The molecule has 1 saturated carbocycles. The predicted octanol–water partition coefficient (Wildman–Crippen LogP) is 2.55. The largest absolute Gasteiger partial charge is 0.494 e. The summed E-state index contributed by atoms with van der Waals surface area (Å²) in [5, 5.41) is 10.1. The number of ether oxygens (including phenoxy) is 2. The van der Waals surface area contributed by atoms with Crippen molar-refractivity contribution in [3.63, 3.8) is 0 Å². The monoisotopic (exact) mass is 430 g/mol. The molecule has 31 heavy (non-hydrogen) atoms. The molecular formula is C24H34N2O5. The van der Waals surface area contributed by atoms with Gasteiger partial charge >= 0.3 is 0 Å². The molecule has 7 nitrogen and oxygen atoms in total. The molecule has 0 unspecified atom stereocenters. The van der Waals surface area contributed by atoms with Crippen molar-refractivity contribution in [2.45, 2.75) is 50.2 Å². The van der Waals surface area contributed by atoms with Crippen LogP contribution in [-0.2, 0) is 14.3 Å². The van der Waals surface area contributed by atoms with Gasteiger partial charge in [0.1, 0.15) is 5.75 Å². The Bertz CT molecular complexity index is 741. The third-order valence-corrected chi connectivity index (χ3v) is 7.47. The molecule has 3 saturated heterocycles. The average molecular weight is 431 g/mol. The summed E-state index contributed by atoms with van der Waals surface area (Å²) in [6.07, 6.45) is 7.09. The van der Waals surface area contributed by atoms with Gasteiger partial charge in [0.25, 0.3) is 6.47 Å². The van der Waals surface area contributed by atoms with E-state index in [-0.39, 0.29) is 23.9 Å². The van der Waals surface area contributed by atoms with Gasteiger partial charge in [-0.2, -0.15) is 0 Å². The number of nitrogens with zero attached hydrogens (tertiary/aromatic N) is 1. The zero-order valence-corrected chi connectivity index (χ0v) is 18.1. The van der Waals surface area contributed by atoms with E-state index in [2.05, 4.69) is 10.2 Å². The minimum Gasteiger partial charge on any atom is -0.494 e. The molecule has 170 valence electrons. The zero-order valence-electron chi connectivity index (χ0n) is 18.1. The van der Waals surface area contributed by atoms with Crippen LogP contribution in [-0.4, -0.2) is 66.9 Å². The summed E-state index contributed by atoms with van der Waals surface area (Å²) < 4.78 is 12.3. The van der Waals surface area contributed by atoms with E-state index < -0.39 is 0 Å². The lowest BCUT2D eigenvalue weighted by molar-refractivity contribution is -0.127. The fourth-order valence-electron chi connectivity index (χ4n) is 5.76. The topological polar surface area (TPSA) is 88.1 Å². The lowest BCUT2D eigenvalue weighted by Crippen LogP contribution is -2.44. The van der Waals surface area contributed by atoms with Gasteiger partial charge in [0.05, 0.1) is 18.3 Å². The summed E-state index contributed by atoms with van der Waals surface area (Å²) in [6.45, 7) is 4.51. The molecule has 1 amide bonds. The molecule has 7 heteroatoms. The fourth-order valence-corrected chi connectivity index (χ4v) is 5.76. The highest BCUT2D eigenvalue weighted by atomic mass is 16.5.